The second-order valence-corrected chi connectivity index (χ2v) is 4.91. The van der Waals surface area contributed by atoms with E-state index in [-0.39, 0.29) is 16.9 Å². The number of nitrogens with two attached hydrogens (primary N) is 1. The van der Waals surface area contributed by atoms with Gasteiger partial charge in [-0.15, -0.1) is 0 Å². The molecule has 2 N–H and O–H groups in total. The van der Waals surface area contributed by atoms with E-state index in [1.165, 1.54) is 18.2 Å². The molecule has 100 valence electrons. The molecule has 1 atom stereocenters. The predicted octanol–water partition coefficient (Wildman–Crippen LogP) is 4.16. The zero-order chi connectivity index (χ0) is 13.8. The predicted molar refractivity (Wildman–Crippen MR) is 75.3 cm³/mol. The first kappa shape index (κ1) is 13.8. The second-order valence-electron chi connectivity index (χ2n) is 4.51. The lowest BCUT2D eigenvalue weighted by molar-refractivity contribution is 0.480. The van der Waals surface area contributed by atoms with Gasteiger partial charge in [-0.3, -0.25) is 0 Å². The van der Waals surface area contributed by atoms with E-state index in [0.717, 1.165) is 12.0 Å². The van der Waals surface area contributed by atoms with Crippen molar-refractivity contribution in [2.75, 3.05) is 0 Å². The van der Waals surface area contributed by atoms with E-state index < -0.39 is 0 Å². The van der Waals surface area contributed by atoms with Crippen molar-refractivity contribution < 1.29 is 9.13 Å². The molecule has 2 nitrogen and oxygen atoms in total. The van der Waals surface area contributed by atoms with E-state index in [9.17, 15) is 4.39 Å². The highest BCUT2D eigenvalue weighted by atomic mass is 35.5. The number of halogens is 2. The van der Waals surface area contributed by atoms with Crippen molar-refractivity contribution in [1.29, 1.82) is 0 Å². The summed E-state index contributed by atoms with van der Waals surface area (Å²) in [6.07, 6.45) is 0.772. The van der Waals surface area contributed by atoms with E-state index in [1.807, 2.05) is 31.2 Å². The summed E-state index contributed by atoms with van der Waals surface area (Å²) >= 11 is 5.92. The molecule has 0 saturated heterocycles. The Morgan fingerprint density at radius 2 is 2.05 bits per heavy atom. The smallest absolute Gasteiger partial charge is 0.146 e. The van der Waals surface area contributed by atoms with Crippen molar-refractivity contribution in [3.05, 3.63) is 58.9 Å². The van der Waals surface area contributed by atoms with Gasteiger partial charge in [-0.25, -0.2) is 4.39 Å². The van der Waals surface area contributed by atoms with Crippen LogP contribution in [-0.2, 0) is 6.42 Å². The van der Waals surface area contributed by atoms with E-state index in [4.69, 9.17) is 22.1 Å². The first-order chi connectivity index (χ1) is 9.04. The van der Waals surface area contributed by atoms with Crippen LogP contribution in [0.5, 0.6) is 11.5 Å². The number of ether oxygens (including phenoxy) is 1. The minimum atomic E-state index is -0.386. The molecule has 0 aliphatic carbocycles. The molecule has 0 bridgehead atoms. The van der Waals surface area contributed by atoms with Gasteiger partial charge in [0.2, 0.25) is 0 Å². The average molecular weight is 280 g/mol. The number of benzene rings is 2. The van der Waals surface area contributed by atoms with Crippen molar-refractivity contribution >= 4 is 11.6 Å². The van der Waals surface area contributed by atoms with Gasteiger partial charge in [0, 0.05) is 6.04 Å². The van der Waals surface area contributed by atoms with Crippen LogP contribution in [0.15, 0.2) is 42.5 Å². The van der Waals surface area contributed by atoms with Crippen LogP contribution in [0.1, 0.15) is 12.5 Å². The molecule has 19 heavy (non-hydrogen) atoms. The molecule has 2 aromatic carbocycles. The third-order valence-corrected chi connectivity index (χ3v) is 2.87. The summed E-state index contributed by atoms with van der Waals surface area (Å²) in [7, 11) is 0. The minimum absolute atomic E-state index is 0.0876. The van der Waals surface area contributed by atoms with Crippen LogP contribution in [0.2, 0.25) is 5.02 Å². The van der Waals surface area contributed by atoms with Crippen molar-refractivity contribution in [3.63, 3.8) is 0 Å². The standard InChI is InChI=1S/C15H15ClFNO/c1-10(18)7-11-3-2-4-13(8-11)19-15-6-5-12(17)9-14(15)16/h2-6,8-10H,7,18H2,1H3. The molecule has 0 aliphatic heterocycles. The van der Waals surface area contributed by atoms with Crippen LogP contribution in [0, 0.1) is 5.82 Å². The molecule has 0 heterocycles. The second kappa shape index (κ2) is 6.04. The minimum Gasteiger partial charge on any atom is -0.456 e. The van der Waals surface area contributed by atoms with Crippen molar-refractivity contribution in [2.24, 2.45) is 5.73 Å². The largest absolute Gasteiger partial charge is 0.456 e. The van der Waals surface area contributed by atoms with Gasteiger partial charge in [0.15, 0.2) is 0 Å². The van der Waals surface area contributed by atoms with Gasteiger partial charge in [0.05, 0.1) is 5.02 Å². The first-order valence-corrected chi connectivity index (χ1v) is 6.40. The maximum Gasteiger partial charge on any atom is 0.146 e. The van der Waals surface area contributed by atoms with Crippen LogP contribution in [-0.4, -0.2) is 6.04 Å². The highest BCUT2D eigenvalue weighted by Crippen LogP contribution is 2.30. The molecular weight excluding hydrogens is 265 g/mol. The lowest BCUT2D eigenvalue weighted by Crippen LogP contribution is -2.17. The summed E-state index contributed by atoms with van der Waals surface area (Å²) in [6, 6.07) is 11.7. The molecule has 0 aliphatic rings. The molecule has 2 rings (SSSR count). The Bertz CT molecular complexity index is 572. The Morgan fingerprint density at radius 1 is 1.26 bits per heavy atom. The van der Waals surface area contributed by atoms with Gasteiger partial charge in [-0.1, -0.05) is 23.7 Å². The Hall–Kier alpha value is -1.58. The van der Waals surface area contributed by atoms with Crippen LogP contribution >= 0.6 is 11.6 Å². The Labute approximate surface area is 117 Å². The Balaban J connectivity index is 2.18. The molecule has 2 aromatic rings. The summed E-state index contributed by atoms with van der Waals surface area (Å²) in [4.78, 5) is 0. The molecule has 1 unspecified atom stereocenters. The summed E-state index contributed by atoms with van der Waals surface area (Å²) in [5.41, 5.74) is 6.85. The fourth-order valence-electron chi connectivity index (χ4n) is 1.79. The topological polar surface area (TPSA) is 35.2 Å². The normalized spacial score (nSPS) is 12.2. The molecular formula is C15H15ClFNO. The maximum atomic E-state index is 12.9. The number of rotatable bonds is 4. The molecule has 0 saturated carbocycles. The average Bonchev–Trinajstić information content (AvgIpc) is 2.32. The van der Waals surface area contributed by atoms with Crippen molar-refractivity contribution in [2.45, 2.75) is 19.4 Å². The van der Waals surface area contributed by atoms with Gasteiger partial charge in [-0.2, -0.15) is 0 Å². The Morgan fingerprint density at radius 3 is 2.74 bits per heavy atom. The molecule has 0 radical (unpaired) electrons. The molecule has 4 heteroatoms. The van der Waals surface area contributed by atoms with E-state index in [0.29, 0.717) is 11.5 Å². The van der Waals surface area contributed by atoms with Crippen LogP contribution in [0.25, 0.3) is 0 Å². The highest BCUT2D eigenvalue weighted by Gasteiger charge is 2.06. The van der Waals surface area contributed by atoms with E-state index in [1.54, 1.807) is 0 Å². The number of hydrogen-bond acceptors (Lipinski definition) is 2. The van der Waals surface area contributed by atoms with E-state index in [2.05, 4.69) is 0 Å². The Kier molecular flexibility index (Phi) is 4.40. The van der Waals surface area contributed by atoms with Crippen molar-refractivity contribution in [3.8, 4) is 11.5 Å². The third kappa shape index (κ3) is 3.94. The summed E-state index contributed by atoms with van der Waals surface area (Å²) < 4.78 is 18.6. The quantitative estimate of drug-likeness (QED) is 0.912. The monoisotopic (exact) mass is 279 g/mol. The van der Waals surface area contributed by atoms with Gasteiger partial charge in [-0.05, 0) is 49.2 Å². The van der Waals surface area contributed by atoms with Gasteiger partial charge in [0.25, 0.3) is 0 Å². The van der Waals surface area contributed by atoms with Crippen LogP contribution in [0.3, 0.4) is 0 Å². The van der Waals surface area contributed by atoms with Crippen molar-refractivity contribution in [1.82, 2.24) is 0 Å². The van der Waals surface area contributed by atoms with Crippen LogP contribution < -0.4 is 10.5 Å². The van der Waals surface area contributed by atoms with Gasteiger partial charge >= 0.3 is 0 Å². The lowest BCUT2D eigenvalue weighted by Gasteiger charge is -2.10. The van der Waals surface area contributed by atoms with Gasteiger partial charge in [0.1, 0.15) is 17.3 Å². The van der Waals surface area contributed by atoms with E-state index >= 15 is 0 Å². The number of hydrogen-bond donors (Lipinski definition) is 1. The molecule has 0 spiro atoms. The molecule has 0 fully saturated rings. The lowest BCUT2D eigenvalue weighted by atomic mass is 10.1. The van der Waals surface area contributed by atoms with Gasteiger partial charge < -0.3 is 10.5 Å². The zero-order valence-electron chi connectivity index (χ0n) is 10.6. The zero-order valence-corrected chi connectivity index (χ0v) is 11.3. The fourth-order valence-corrected chi connectivity index (χ4v) is 2.00. The molecule has 0 amide bonds. The first-order valence-electron chi connectivity index (χ1n) is 6.02. The third-order valence-electron chi connectivity index (χ3n) is 2.58. The SMILES string of the molecule is CC(N)Cc1cccc(Oc2ccc(F)cc2Cl)c1. The summed E-state index contributed by atoms with van der Waals surface area (Å²) in [5.74, 6) is 0.704. The highest BCUT2D eigenvalue weighted by molar-refractivity contribution is 6.32. The molecule has 0 aromatic heterocycles. The van der Waals surface area contributed by atoms with Crippen LogP contribution in [0.4, 0.5) is 4.39 Å². The maximum absolute atomic E-state index is 12.9. The summed E-state index contributed by atoms with van der Waals surface area (Å²) in [5, 5.41) is 0.248. The fraction of sp³-hybridized carbons (Fsp3) is 0.200. The summed E-state index contributed by atoms with van der Waals surface area (Å²) in [6.45, 7) is 1.95.